The van der Waals surface area contributed by atoms with E-state index in [1.807, 2.05) is 10.7 Å². The Balaban J connectivity index is 2.26. The predicted octanol–water partition coefficient (Wildman–Crippen LogP) is 1.71. The Bertz CT molecular complexity index is 583. The van der Waals surface area contributed by atoms with E-state index in [0.29, 0.717) is 25.2 Å². The third-order valence-corrected chi connectivity index (χ3v) is 4.06. The van der Waals surface area contributed by atoms with Gasteiger partial charge in [-0.3, -0.25) is 14.3 Å². The highest BCUT2D eigenvalue weighted by Gasteiger charge is 2.32. The highest BCUT2D eigenvalue weighted by Crippen LogP contribution is 2.25. The van der Waals surface area contributed by atoms with E-state index in [9.17, 15) is 9.59 Å². The van der Waals surface area contributed by atoms with Crippen molar-refractivity contribution in [3.05, 3.63) is 17.5 Å². The second-order valence-electron chi connectivity index (χ2n) is 7.33. The number of primary amides is 1. The van der Waals surface area contributed by atoms with Gasteiger partial charge in [0, 0.05) is 18.8 Å². The van der Waals surface area contributed by atoms with E-state index in [1.165, 1.54) is 0 Å². The maximum absolute atomic E-state index is 12.6. The first-order valence-corrected chi connectivity index (χ1v) is 7.80. The van der Waals surface area contributed by atoms with Gasteiger partial charge < -0.3 is 10.6 Å². The molecule has 1 aromatic rings. The van der Waals surface area contributed by atoms with Gasteiger partial charge in [0.2, 0.25) is 5.91 Å². The standard InChI is InChI=1S/C16H26N4O2/c1-10(2)13-8-12(18-20(13)16(3,4)5)15(22)19-7-6-11(9-19)14(17)21/h8,10-11H,6-7,9H2,1-5H3,(H2,17,21)/t11-/m0/s1. The topological polar surface area (TPSA) is 81.2 Å². The van der Waals surface area contributed by atoms with E-state index in [2.05, 4.69) is 39.7 Å². The van der Waals surface area contributed by atoms with Crippen molar-refractivity contribution in [1.82, 2.24) is 14.7 Å². The van der Waals surface area contributed by atoms with Gasteiger partial charge in [-0.15, -0.1) is 0 Å². The molecule has 0 saturated carbocycles. The van der Waals surface area contributed by atoms with Crippen molar-refractivity contribution in [2.45, 2.75) is 52.5 Å². The van der Waals surface area contributed by atoms with Crippen LogP contribution in [0, 0.1) is 5.92 Å². The van der Waals surface area contributed by atoms with E-state index in [-0.39, 0.29) is 29.2 Å². The van der Waals surface area contributed by atoms with Gasteiger partial charge in [-0.05, 0) is 39.2 Å². The maximum Gasteiger partial charge on any atom is 0.274 e. The lowest BCUT2D eigenvalue weighted by Crippen LogP contribution is -2.32. The van der Waals surface area contributed by atoms with E-state index in [1.54, 1.807) is 4.90 Å². The summed E-state index contributed by atoms with van der Waals surface area (Å²) >= 11 is 0. The molecule has 6 heteroatoms. The highest BCUT2D eigenvalue weighted by molar-refractivity contribution is 5.93. The van der Waals surface area contributed by atoms with E-state index >= 15 is 0 Å². The van der Waals surface area contributed by atoms with Crippen molar-refractivity contribution >= 4 is 11.8 Å². The Hall–Kier alpha value is -1.85. The predicted molar refractivity (Wildman–Crippen MR) is 84.5 cm³/mol. The largest absolute Gasteiger partial charge is 0.369 e. The molecule has 1 aromatic heterocycles. The average molecular weight is 306 g/mol. The van der Waals surface area contributed by atoms with Crippen molar-refractivity contribution in [3.8, 4) is 0 Å². The molecule has 1 fully saturated rings. The molecule has 0 unspecified atom stereocenters. The Morgan fingerprint density at radius 3 is 2.41 bits per heavy atom. The molecule has 0 radical (unpaired) electrons. The molecule has 2 amide bonds. The third-order valence-electron chi connectivity index (χ3n) is 4.06. The van der Waals surface area contributed by atoms with E-state index in [0.717, 1.165) is 5.69 Å². The summed E-state index contributed by atoms with van der Waals surface area (Å²) in [5.74, 6) is -0.407. The summed E-state index contributed by atoms with van der Waals surface area (Å²) in [5, 5.41) is 4.53. The van der Waals surface area contributed by atoms with Gasteiger partial charge in [0.15, 0.2) is 5.69 Å². The van der Waals surface area contributed by atoms with Crippen LogP contribution in [0.4, 0.5) is 0 Å². The minimum atomic E-state index is -0.335. The summed E-state index contributed by atoms with van der Waals surface area (Å²) in [6, 6.07) is 1.87. The van der Waals surface area contributed by atoms with Crippen molar-refractivity contribution in [2.75, 3.05) is 13.1 Å². The average Bonchev–Trinajstić information content (AvgIpc) is 3.04. The third kappa shape index (κ3) is 3.15. The fraction of sp³-hybridized carbons (Fsp3) is 0.688. The van der Waals surface area contributed by atoms with E-state index in [4.69, 9.17) is 5.73 Å². The first-order valence-electron chi connectivity index (χ1n) is 7.80. The first-order chi connectivity index (χ1) is 10.1. The molecule has 22 heavy (non-hydrogen) atoms. The van der Waals surface area contributed by atoms with Crippen LogP contribution in [0.1, 0.15) is 63.1 Å². The molecular weight excluding hydrogens is 280 g/mol. The summed E-state index contributed by atoms with van der Waals surface area (Å²) in [4.78, 5) is 25.6. The monoisotopic (exact) mass is 306 g/mol. The molecule has 1 aliphatic heterocycles. The molecule has 0 spiro atoms. The Kier molecular flexibility index (Phi) is 4.31. The second-order valence-corrected chi connectivity index (χ2v) is 7.33. The lowest BCUT2D eigenvalue weighted by molar-refractivity contribution is -0.121. The number of aromatic nitrogens is 2. The number of nitrogens with two attached hydrogens (primary N) is 1. The lowest BCUT2D eigenvalue weighted by atomic mass is 10.1. The zero-order valence-electron chi connectivity index (χ0n) is 14.1. The van der Waals surface area contributed by atoms with Crippen molar-refractivity contribution < 1.29 is 9.59 Å². The first kappa shape index (κ1) is 16.5. The van der Waals surface area contributed by atoms with Crippen LogP contribution in [0.5, 0.6) is 0 Å². The molecule has 1 aliphatic rings. The molecule has 0 bridgehead atoms. The fourth-order valence-corrected chi connectivity index (χ4v) is 2.79. The zero-order valence-corrected chi connectivity index (χ0v) is 14.1. The molecule has 2 heterocycles. The number of amides is 2. The second kappa shape index (κ2) is 5.74. The van der Waals surface area contributed by atoms with Crippen LogP contribution in [-0.2, 0) is 10.3 Å². The van der Waals surface area contributed by atoms with Crippen LogP contribution in [-0.4, -0.2) is 39.6 Å². The lowest BCUT2D eigenvalue weighted by Gasteiger charge is -2.23. The van der Waals surface area contributed by atoms with Gasteiger partial charge in [-0.25, -0.2) is 0 Å². The summed E-state index contributed by atoms with van der Waals surface area (Å²) < 4.78 is 1.92. The molecule has 122 valence electrons. The summed E-state index contributed by atoms with van der Waals surface area (Å²) in [6.45, 7) is 11.3. The number of carbonyl (C=O) groups is 2. The van der Waals surface area contributed by atoms with Crippen LogP contribution in [0.2, 0.25) is 0 Å². The minimum Gasteiger partial charge on any atom is -0.369 e. The number of likely N-dealkylation sites (tertiary alicyclic amines) is 1. The van der Waals surface area contributed by atoms with Crippen molar-refractivity contribution in [3.63, 3.8) is 0 Å². The number of carbonyl (C=O) groups excluding carboxylic acids is 2. The summed E-state index contributed by atoms with van der Waals surface area (Å²) in [5.41, 5.74) is 6.64. The molecule has 1 saturated heterocycles. The SMILES string of the molecule is CC(C)c1cc(C(=O)N2CC[C@H](C(N)=O)C2)nn1C(C)(C)C. The maximum atomic E-state index is 12.6. The highest BCUT2D eigenvalue weighted by atomic mass is 16.2. The van der Waals surface area contributed by atoms with Crippen LogP contribution in [0.25, 0.3) is 0 Å². The van der Waals surface area contributed by atoms with Gasteiger partial charge in [0.1, 0.15) is 0 Å². The molecule has 2 N–H and O–H groups in total. The fourth-order valence-electron chi connectivity index (χ4n) is 2.79. The zero-order chi connectivity index (χ0) is 16.7. The Labute approximate surface area is 131 Å². The molecular formula is C16H26N4O2. The van der Waals surface area contributed by atoms with Crippen LogP contribution < -0.4 is 5.73 Å². The molecule has 0 aromatic carbocycles. The minimum absolute atomic E-state index is 0.117. The van der Waals surface area contributed by atoms with Crippen molar-refractivity contribution in [2.24, 2.45) is 11.7 Å². The van der Waals surface area contributed by atoms with Gasteiger partial charge in [0.05, 0.1) is 11.5 Å². The van der Waals surface area contributed by atoms with Gasteiger partial charge in [0.25, 0.3) is 5.91 Å². The Morgan fingerprint density at radius 1 is 1.36 bits per heavy atom. The normalized spacial score (nSPS) is 19.0. The quantitative estimate of drug-likeness (QED) is 0.923. The van der Waals surface area contributed by atoms with Gasteiger partial charge in [-0.2, -0.15) is 5.10 Å². The van der Waals surface area contributed by atoms with Crippen molar-refractivity contribution in [1.29, 1.82) is 0 Å². The number of hydrogen-bond donors (Lipinski definition) is 1. The molecule has 2 rings (SSSR count). The smallest absolute Gasteiger partial charge is 0.274 e. The van der Waals surface area contributed by atoms with Crippen LogP contribution in [0.3, 0.4) is 0 Å². The van der Waals surface area contributed by atoms with Crippen LogP contribution in [0.15, 0.2) is 6.07 Å². The Morgan fingerprint density at radius 2 is 2.00 bits per heavy atom. The molecule has 6 nitrogen and oxygen atoms in total. The number of nitrogens with zero attached hydrogens (tertiary/aromatic N) is 3. The number of hydrogen-bond acceptors (Lipinski definition) is 3. The molecule has 1 atom stereocenters. The number of rotatable bonds is 3. The van der Waals surface area contributed by atoms with Gasteiger partial charge >= 0.3 is 0 Å². The van der Waals surface area contributed by atoms with Crippen LogP contribution >= 0.6 is 0 Å². The molecule has 0 aliphatic carbocycles. The van der Waals surface area contributed by atoms with E-state index < -0.39 is 0 Å². The summed E-state index contributed by atoms with van der Waals surface area (Å²) in [7, 11) is 0. The summed E-state index contributed by atoms with van der Waals surface area (Å²) in [6.07, 6.45) is 0.637. The van der Waals surface area contributed by atoms with Gasteiger partial charge in [-0.1, -0.05) is 13.8 Å².